The number of hydrogen-bond donors (Lipinski definition) is 1. The number of ether oxygens (including phenoxy) is 1. The molecule has 22 heavy (non-hydrogen) atoms. The lowest BCUT2D eigenvalue weighted by atomic mass is 10.0. The summed E-state index contributed by atoms with van der Waals surface area (Å²) in [5.74, 6) is 0.213. The van der Waals surface area contributed by atoms with Crippen molar-refractivity contribution in [1.82, 2.24) is 4.31 Å². The fourth-order valence-corrected chi connectivity index (χ4v) is 5.50. The van der Waals surface area contributed by atoms with Crippen LogP contribution >= 0.6 is 0 Å². The van der Waals surface area contributed by atoms with Crippen LogP contribution in [0.25, 0.3) is 0 Å². The Morgan fingerprint density at radius 3 is 2.73 bits per heavy atom. The van der Waals surface area contributed by atoms with Gasteiger partial charge in [0.25, 0.3) is 0 Å². The third-order valence-corrected chi connectivity index (χ3v) is 6.64. The lowest BCUT2D eigenvalue weighted by molar-refractivity contribution is 0.107. The Hall–Kier alpha value is -0.950. The molecule has 1 aromatic rings. The van der Waals surface area contributed by atoms with E-state index in [1.54, 1.807) is 0 Å². The maximum absolute atomic E-state index is 12.7. The highest BCUT2D eigenvalue weighted by atomic mass is 32.2. The molecule has 0 aromatic heterocycles. The number of hydrogen-bond acceptors (Lipinski definition) is 4. The van der Waals surface area contributed by atoms with E-state index in [1.807, 2.05) is 30.3 Å². The smallest absolute Gasteiger partial charge is 0.214 e. The van der Waals surface area contributed by atoms with Crippen molar-refractivity contribution in [2.24, 2.45) is 5.92 Å². The minimum Gasteiger partial charge on any atom is -0.387 e. The van der Waals surface area contributed by atoms with Crippen LogP contribution in [-0.4, -0.2) is 49.4 Å². The predicted molar refractivity (Wildman–Crippen MR) is 83.8 cm³/mol. The van der Waals surface area contributed by atoms with E-state index in [4.69, 9.17) is 4.74 Å². The first-order valence-electron chi connectivity index (χ1n) is 7.88. The molecule has 6 heteroatoms. The normalized spacial score (nSPS) is 28.0. The van der Waals surface area contributed by atoms with Crippen LogP contribution in [0.1, 0.15) is 30.9 Å². The van der Waals surface area contributed by atoms with Crippen LogP contribution in [0.4, 0.5) is 0 Å². The number of aliphatic hydroxyl groups excluding tert-OH is 1. The molecule has 2 fully saturated rings. The lowest BCUT2D eigenvalue weighted by Crippen LogP contribution is -2.41. The maximum atomic E-state index is 12.7. The Balaban J connectivity index is 1.74. The Morgan fingerprint density at radius 1 is 1.27 bits per heavy atom. The fourth-order valence-electron chi connectivity index (χ4n) is 3.41. The molecule has 1 N–H and O–H groups in total. The van der Waals surface area contributed by atoms with Crippen molar-refractivity contribution in [1.29, 1.82) is 0 Å². The molecule has 2 saturated heterocycles. The molecule has 1 aromatic carbocycles. The minimum absolute atomic E-state index is 0.0834. The zero-order valence-corrected chi connectivity index (χ0v) is 13.4. The van der Waals surface area contributed by atoms with Gasteiger partial charge in [-0.1, -0.05) is 30.3 Å². The summed E-state index contributed by atoms with van der Waals surface area (Å²) in [6.45, 7) is 1.68. The molecule has 0 bridgehead atoms. The van der Waals surface area contributed by atoms with Gasteiger partial charge in [0, 0.05) is 13.2 Å². The molecule has 2 aliphatic rings. The highest BCUT2D eigenvalue weighted by Crippen LogP contribution is 2.32. The third-order valence-electron chi connectivity index (χ3n) is 4.58. The highest BCUT2D eigenvalue weighted by Gasteiger charge is 2.40. The number of benzene rings is 1. The molecule has 3 atom stereocenters. The largest absolute Gasteiger partial charge is 0.387 e. The number of aliphatic hydroxyl groups is 1. The van der Waals surface area contributed by atoms with Crippen molar-refractivity contribution in [3.05, 3.63) is 35.9 Å². The van der Waals surface area contributed by atoms with Gasteiger partial charge in [0.15, 0.2) is 0 Å². The predicted octanol–water partition coefficient (Wildman–Crippen LogP) is 1.55. The molecule has 3 unspecified atom stereocenters. The van der Waals surface area contributed by atoms with E-state index in [0.29, 0.717) is 26.2 Å². The van der Waals surface area contributed by atoms with Crippen LogP contribution in [0.5, 0.6) is 0 Å². The maximum Gasteiger partial charge on any atom is 0.214 e. The monoisotopic (exact) mass is 325 g/mol. The molecule has 0 saturated carbocycles. The van der Waals surface area contributed by atoms with Gasteiger partial charge in [-0.05, 0) is 30.7 Å². The molecule has 0 spiro atoms. The lowest BCUT2D eigenvalue weighted by Gasteiger charge is -2.29. The van der Waals surface area contributed by atoms with Crippen molar-refractivity contribution in [2.45, 2.75) is 31.4 Å². The zero-order valence-electron chi connectivity index (χ0n) is 12.6. The Morgan fingerprint density at radius 2 is 2.05 bits per heavy atom. The molecule has 5 nitrogen and oxygen atoms in total. The molecule has 0 radical (unpaired) electrons. The highest BCUT2D eigenvalue weighted by molar-refractivity contribution is 7.89. The molecule has 0 amide bonds. The summed E-state index contributed by atoms with van der Waals surface area (Å²) in [5, 5.41) is 10.6. The van der Waals surface area contributed by atoms with Gasteiger partial charge >= 0.3 is 0 Å². The van der Waals surface area contributed by atoms with Crippen molar-refractivity contribution >= 4 is 10.0 Å². The Labute approximate surface area is 131 Å². The summed E-state index contributed by atoms with van der Waals surface area (Å²) >= 11 is 0. The van der Waals surface area contributed by atoms with Gasteiger partial charge in [-0.3, -0.25) is 0 Å². The van der Waals surface area contributed by atoms with E-state index >= 15 is 0 Å². The summed E-state index contributed by atoms with van der Waals surface area (Å²) in [4.78, 5) is 0. The van der Waals surface area contributed by atoms with Crippen molar-refractivity contribution in [2.75, 3.05) is 25.5 Å². The van der Waals surface area contributed by atoms with Gasteiger partial charge in [0.2, 0.25) is 10.0 Å². The van der Waals surface area contributed by atoms with E-state index in [9.17, 15) is 13.5 Å². The molecule has 0 aliphatic carbocycles. The van der Waals surface area contributed by atoms with Gasteiger partial charge < -0.3 is 9.84 Å². The second-order valence-corrected chi connectivity index (χ2v) is 8.15. The van der Waals surface area contributed by atoms with Gasteiger partial charge in [-0.2, -0.15) is 4.31 Å². The van der Waals surface area contributed by atoms with Gasteiger partial charge in [0.05, 0.1) is 24.5 Å². The Bertz CT molecular complexity index is 583. The summed E-state index contributed by atoms with van der Waals surface area (Å²) in [6.07, 6.45) is 1.54. The van der Waals surface area contributed by atoms with Crippen LogP contribution < -0.4 is 0 Å². The molecule has 2 heterocycles. The first kappa shape index (κ1) is 15.9. The first-order valence-corrected chi connectivity index (χ1v) is 9.49. The number of nitrogens with zero attached hydrogens (tertiary/aromatic N) is 1. The average molecular weight is 325 g/mol. The van der Waals surface area contributed by atoms with E-state index in [1.165, 1.54) is 4.31 Å². The Kier molecular flexibility index (Phi) is 4.82. The summed E-state index contributed by atoms with van der Waals surface area (Å²) in [7, 11) is -3.35. The van der Waals surface area contributed by atoms with Crippen LogP contribution in [0, 0.1) is 5.92 Å². The second kappa shape index (κ2) is 6.66. The third kappa shape index (κ3) is 3.35. The molecule has 3 rings (SSSR count). The molecule has 2 aliphatic heterocycles. The minimum atomic E-state index is -3.35. The SMILES string of the molecule is O=S(=O)(CC1CCOC1)N1CCCC1C(O)c1ccccc1. The van der Waals surface area contributed by atoms with Crippen molar-refractivity contribution < 1.29 is 18.3 Å². The van der Waals surface area contributed by atoms with Crippen molar-refractivity contribution in [3.63, 3.8) is 0 Å². The first-order chi connectivity index (χ1) is 10.6. The summed E-state index contributed by atoms with van der Waals surface area (Å²) in [6, 6.07) is 8.95. The second-order valence-electron chi connectivity index (χ2n) is 6.18. The van der Waals surface area contributed by atoms with Crippen LogP contribution in [0.15, 0.2) is 30.3 Å². The quantitative estimate of drug-likeness (QED) is 0.892. The summed E-state index contributed by atoms with van der Waals surface area (Å²) < 4.78 is 32.2. The van der Waals surface area contributed by atoms with E-state index in [-0.39, 0.29) is 17.7 Å². The van der Waals surface area contributed by atoms with Gasteiger partial charge in [-0.25, -0.2) is 8.42 Å². The van der Waals surface area contributed by atoms with Gasteiger partial charge in [0.1, 0.15) is 0 Å². The van der Waals surface area contributed by atoms with Crippen LogP contribution in [0.3, 0.4) is 0 Å². The average Bonchev–Trinajstić information content (AvgIpc) is 3.18. The standard InChI is InChI=1S/C16H23NO4S/c18-16(14-5-2-1-3-6-14)15-7-4-9-17(15)22(19,20)12-13-8-10-21-11-13/h1-3,5-6,13,15-16,18H,4,7-12H2. The van der Waals surface area contributed by atoms with Gasteiger partial charge in [-0.15, -0.1) is 0 Å². The molecule has 122 valence electrons. The summed E-state index contributed by atoms with van der Waals surface area (Å²) in [5.41, 5.74) is 0.777. The number of rotatable bonds is 5. The van der Waals surface area contributed by atoms with Crippen LogP contribution in [0.2, 0.25) is 0 Å². The molecular formula is C16H23NO4S. The van der Waals surface area contributed by atoms with E-state index < -0.39 is 16.1 Å². The topological polar surface area (TPSA) is 66.8 Å². The number of sulfonamides is 1. The van der Waals surface area contributed by atoms with Crippen LogP contribution in [-0.2, 0) is 14.8 Å². The zero-order chi connectivity index (χ0) is 15.6. The van der Waals surface area contributed by atoms with E-state index in [2.05, 4.69) is 0 Å². The molecular weight excluding hydrogens is 302 g/mol. The van der Waals surface area contributed by atoms with Crippen molar-refractivity contribution in [3.8, 4) is 0 Å². The van der Waals surface area contributed by atoms with E-state index in [0.717, 1.165) is 18.4 Å². The fraction of sp³-hybridized carbons (Fsp3) is 0.625.